The number of Topliss-reactive ketones (excluding diaryl/α,β-unsaturated/α-hetero) is 1. The number of carbonyl (C=O) groups excluding carboxylic acids is 1. The molecule has 0 unspecified atom stereocenters. The Kier molecular flexibility index (Phi) is 8.49. The van der Waals surface area contributed by atoms with Crippen molar-refractivity contribution in [1.29, 1.82) is 0 Å². The molecule has 196 valence electrons. The molecule has 0 radical (unpaired) electrons. The normalized spacial score (nSPS) is 16.2. The Morgan fingerprint density at radius 1 is 0.829 bits per heavy atom. The largest absolute Gasteiger partial charge is 0.743 e. The summed E-state index contributed by atoms with van der Waals surface area (Å²) in [6.07, 6.45) is -4.53. The lowest BCUT2D eigenvalue weighted by atomic mass is 10.1. The van der Waals surface area contributed by atoms with Crippen molar-refractivity contribution in [3.05, 3.63) is 48.0 Å². The van der Waals surface area contributed by atoms with Gasteiger partial charge in [0.05, 0.1) is 0 Å². The summed E-state index contributed by atoms with van der Waals surface area (Å²) in [4.78, 5) is 12.3. The predicted molar refractivity (Wildman–Crippen MR) is 110 cm³/mol. The summed E-state index contributed by atoms with van der Waals surface area (Å²) in [5, 5.41) is -4.74. The molecule has 1 aliphatic heterocycles. The predicted octanol–water partition coefficient (Wildman–Crippen LogP) is 5.39. The number of carbonyl (C=O) groups is 1. The second kappa shape index (κ2) is 10.2. The fourth-order valence-corrected chi connectivity index (χ4v) is 5.71. The van der Waals surface area contributed by atoms with Gasteiger partial charge in [-0.1, -0.05) is 36.4 Å². The zero-order chi connectivity index (χ0) is 26.9. The van der Waals surface area contributed by atoms with Crippen molar-refractivity contribution in [3.63, 3.8) is 0 Å². The molecule has 0 aromatic heterocycles. The number of benzene rings is 2. The first-order valence-corrected chi connectivity index (χ1v) is 12.8. The molecule has 2 aromatic carbocycles. The molecule has 0 bridgehead atoms. The van der Waals surface area contributed by atoms with Gasteiger partial charge in [0.1, 0.15) is 11.5 Å². The van der Waals surface area contributed by atoms with E-state index in [1.165, 1.54) is 29.7 Å². The van der Waals surface area contributed by atoms with Gasteiger partial charge in [-0.2, -0.15) is 39.5 Å². The van der Waals surface area contributed by atoms with E-state index in [-0.39, 0.29) is 0 Å². The minimum absolute atomic E-state index is 0.325. The zero-order valence-electron chi connectivity index (χ0n) is 17.4. The zero-order valence-corrected chi connectivity index (χ0v) is 19.1. The number of ketones is 1. The molecule has 3 rings (SSSR count). The molecular formula is C20H17F9O4S2. The Morgan fingerprint density at radius 2 is 1.34 bits per heavy atom. The van der Waals surface area contributed by atoms with Crippen LogP contribution in [0, 0.1) is 0 Å². The topological polar surface area (TPSA) is 74.3 Å². The summed E-state index contributed by atoms with van der Waals surface area (Å²) in [5.74, 6) is -11.2. The molecule has 1 aliphatic rings. The van der Waals surface area contributed by atoms with Crippen LogP contribution < -0.4 is 0 Å². The molecule has 1 heterocycles. The SMILES string of the molecule is O=C(C[S+]1CCCC1)c1ccc2ccccc2c1.O=S(=O)([O-])C(F)(F)C(F)(F)C(F)(F)C(F)(F)F. The molecule has 2 aromatic rings. The van der Waals surface area contributed by atoms with Gasteiger partial charge in [-0.05, 0) is 40.6 Å². The molecule has 1 saturated heterocycles. The first-order chi connectivity index (χ1) is 15.8. The molecule has 0 aliphatic carbocycles. The van der Waals surface area contributed by atoms with Crippen molar-refractivity contribution < 1.29 is 57.3 Å². The minimum atomic E-state index is -7.43. The van der Waals surface area contributed by atoms with Crippen LogP contribution >= 0.6 is 0 Å². The second-order valence-electron chi connectivity index (χ2n) is 7.47. The van der Waals surface area contributed by atoms with Crippen molar-refractivity contribution in [1.82, 2.24) is 0 Å². The highest BCUT2D eigenvalue weighted by Gasteiger charge is 2.83. The van der Waals surface area contributed by atoms with E-state index in [2.05, 4.69) is 18.2 Å². The Bertz CT molecular complexity index is 1160. The van der Waals surface area contributed by atoms with Gasteiger partial charge in [0.25, 0.3) is 0 Å². The molecule has 35 heavy (non-hydrogen) atoms. The lowest BCUT2D eigenvalue weighted by Gasteiger charge is -2.34. The maximum Gasteiger partial charge on any atom is 0.460 e. The molecule has 1 fully saturated rings. The van der Waals surface area contributed by atoms with Crippen LogP contribution in [-0.4, -0.2) is 59.3 Å². The minimum Gasteiger partial charge on any atom is -0.743 e. The molecule has 0 atom stereocenters. The molecule has 0 spiro atoms. The first kappa shape index (κ1) is 29.2. The number of hydrogen-bond donors (Lipinski definition) is 0. The second-order valence-corrected chi connectivity index (χ2v) is 11.2. The van der Waals surface area contributed by atoms with Crippen molar-refractivity contribution in [3.8, 4) is 0 Å². The maximum absolute atomic E-state index is 12.3. The van der Waals surface area contributed by atoms with E-state index in [1.54, 1.807) is 0 Å². The van der Waals surface area contributed by atoms with E-state index < -0.39 is 33.4 Å². The molecule has 0 amide bonds. The summed E-state index contributed by atoms with van der Waals surface area (Å²) < 4.78 is 135. The van der Waals surface area contributed by atoms with E-state index in [1.807, 2.05) is 24.3 Å². The van der Waals surface area contributed by atoms with Crippen molar-refractivity contribution >= 4 is 37.6 Å². The highest BCUT2D eigenvalue weighted by Crippen LogP contribution is 2.54. The third kappa shape index (κ3) is 6.05. The Balaban J connectivity index is 0.000000248. The average molecular weight is 556 g/mol. The summed E-state index contributed by atoms with van der Waals surface area (Å²) >= 11 is 0. The standard InChI is InChI=1S/C16H17OS.C4HF9O3S/c17-16(12-18-9-3-4-10-18)15-8-7-13-5-1-2-6-14(13)11-15;5-1(6,3(9,10)11)2(7,8)4(12,13)17(14,15)16/h1-2,5-8,11H,3-4,9-10,12H2;(H,14,15,16)/q+1;/p-1. The smallest absolute Gasteiger partial charge is 0.460 e. The van der Waals surface area contributed by atoms with Crippen LogP contribution in [0.25, 0.3) is 10.8 Å². The van der Waals surface area contributed by atoms with Gasteiger partial charge < -0.3 is 4.55 Å². The van der Waals surface area contributed by atoms with E-state index >= 15 is 0 Å². The summed E-state index contributed by atoms with van der Waals surface area (Å²) in [7, 11) is -7.06. The van der Waals surface area contributed by atoms with E-state index in [0.717, 1.165) is 16.7 Å². The fourth-order valence-electron chi connectivity index (χ4n) is 3.01. The van der Waals surface area contributed by atoms with Crippen molar-refractivity contribution in [2.45, 2.75) is 36.1 Å². The molecule has 0 saturated carbocycles. The van der Waals surface area contributed by atoms with Gasteiger partial charge in [0.2, 0.25) is 5.78 Å². The van der Waals surface area contributed by atoms with Crippen LogP contribution in [0.5, 0.6) is 0 Å². The molecule has 0 N–H and O–H groups in total. The summed E-state index contributed by atoms with van der Waals surface area (Å²) in [5.41, 5.74) is 0.883. The van der Waals surface area contributed by atoms with Crippen LogP contribution in [0.15, 0.2) is 42.5 Å². The number of hydrogen-bond acceptors (Lipinski definition) is 4. The van der Waals surface area contributed by atoms with E-state index in [4.69, 9.17) is 0 Å². The Labute approximate surface area is 196 Å². The van der Waals surface area contributed by atoms with Crippen LogP contribution in [-0.2, 0) is 21.0 Å². The lowest BCUT2D eigenvalue weighted by Crippen LogP contribution is -2.63. The number of alkyl halides is 9. The fraction of sp³-hybridized carbons (Fsp3) is 0.450. The van der Waals surface area contributed by atoms with Crippen molar-refractivity contribution in [2.75, 3.05) is 17.3 Å². The lowest BCUT2D eigenvalue weighted by molar-refractivity contribution is -0.382. The Hall–Kier alpha value is -2.00. The quantitative estimate of drug-likeness (QED) is 0.207. The third-order valence-electron chi connectivity index (χ3n) is 4.95. The van der Waals surface area contributed by atoms with E-state index in [0.29, 0.717) is 16.7 Å². The monoisotopic (exact) mass is 556 g/mol. The van der Waals surface area contributed by atoms with Gasteiger partial charge >= 0.3 is 23.3 Å². The van der Waals surface area contributed by atoms with Crippen molar-refractivity contribution in [2.24, 2.45) is 0 Å². The van der Waals surface area contributed by atoms with Gasteiger partial charge in [-0.15, -0.1) is 0 Å². The van der Waals surface area contributed by atoms with Crippen LogP contribution in [0.1, 0.15) is 23.2 Å². The number of halogens is 9. The number of fused-ring (bicyclic) bond motifs is 1. The average Bonchev–Trinajstić information content (AvgIpc) is 3.25. The van der Waals surface area contributed by atoms with Gasteiger partial charge in [0, 0.05) is 5.56 Å². The highest BCUT2D eigenvalue weighted by atomic mass is 32.2. The molecule has 4 nitrogen and oxygen atoms in total. The summed E-state index contributed by atoms with van der Waals surface area (Å²) in [6.45, 7) is 0. The Morgan fingerprint density at radius 3 is 1.83 bits per heavy atom. The summed E-state index contributed by atoms with van der Waals surface area (Å²) in [6, 6.07) is 14.3. The molecule has 15 heteroatoms. The number of rotatable bonds is 6. The van der Waals surface area contributed by atoms with Gasteiger partial charge in [0.15, 0.2) is 15.9 Å². The van der Waals surface area contributed by atoms with Gasteiger partial charge in [-0.25, -0.2) is 8.42 Å². The third-order valence-corrected chi connectivity index (χ3v) is 8.24. The van der Waals surface area contributed by atoms with Crippen LogP contribution in [0.3, 0.4) is 0 Å². The van der Waals surface area contributed by atoms with Crippen LogP contribution in [0.2, 0.25) is 0 Å². The van der Waals surface area contributed by atoms with Gasteiger partial charge in [-0.3, -0.25) is 4.79 Å². The highest BCUT2D eigenvalue weighted by molar-refractivity contribution is 7.97. The molecular weight excluding hydrogens is 539 g/mol. The first-order valence-electron chi connectivity index (χ1n) is 9.64. The van der Waals surface area contributed by atoms with Crippen LogP contribution in [0.4, 0.5) is 39.5 Å². The maximum atomic E-state index is 12.3. The van der Waals surface area contributed by atoms with E-state index in [9.17, 15) is 57.3 Å².